The van der Waals surface area contributed by atoms with Crippen molar-refractivity contribution < 1.29 is 37.9 Å². The molecule has 0 aliphatic carbocycles. The third-order valence-corrected chi connectivity index (χ3v) is 7.77. The number of hydrogen-bond donors (Lipinski definition) is 3. The summed E-state index contributed by atoms with van der Waals surface area (Å²) in [4.78, 5) is 33.4. The maximum atomic E-state index is 11.9. The van der Waals surface area contributed by atoms with Crippen molar-refractivity contribution in [3.05, 3.63) is 0 Å². The van der Waals surface area contributed by atoms with Crippen LogP contribution < -0.4 is 5.32 Å². The summed E-state index contributed by atoms with van der Waals surface area (Å²) in [6, 6.07) is 0. The number of rotatable bonds is 30. The molecule has 0 aliphatic rings. The molecule has 2 unspecified atom stereocenters. The molecule has 0 rings (SSSR count). The predicted molar refractivity (Wildman–Crippen MR) is 160 cm³/mol. The molecular weight excluding hydrogens is 533 g/mol. The van der Waals surface area contributed by atoms with E-state index in [9.17, 15) is 24.2 Å². The Morgan fingerprint density at radius 2 is 1.12 bits per heavy atom. The van der Waals surface area contributed by atoms with Crippen LogP contribution in [-0.4, -0.2) is 54.3 Å². The van der Waals surface area contributed by atoms with E-state index < -0.39 is 26.5 Å². The number of ether oxygens (including phenoxy) is 1. The lowest BCUT2D eigenvalue weighted by Gasteiger charge is -2.15. The summed E-state index contributed by atoms with van der Waals surface area (Å²) in [6.07, 6.45) is 22.0. The van der Waals surface area contributed by atoms with E-state index in [4.69, 9.17) is 13.8 Å². The molecule has 0 aromatic carbocycles. The van der Waals surface area contributed by atoms with Crippen LogP contribution >= 0.6 is 7.82 Å². The third kappa shape index (κ3) is 28.5. The highest BCUT2D eigenvalue weighted by Crippen LogP contribution is 2.42. The van der Waals surface area contributed by atoms with Gasteiger partial charge in [0.25, 0.3) is 0 Å². The summed E-state index contributed by atoms with van der Waals surface area (Å²) in [6.45, 7) is 3.46. The van der Waals surface area contributed by atoms with Gasteiger partial charge in [-0.25, -0.2) is 4.57 Å². The van der Waals surface area contributed by atoms with Crippen molar-refractivity contribution >= 4 is 19.7 Å². The summed E-state index contributed by atoms with van der Waals surface area (Å²) < 4.78 is 26.5. The van der Waals surface area contributed by atoms with E-state index in [-0.39, 0.29) is 32.1 Å². The second-order valence-corrected chi connectivity index (χ2v) is 12.2. The zero-order valence-corrected chi connectivity index (χ0v) is 26.4. The Labute approximate surface area is 244 Å². The van der Waals surface area contributed by atoms with Crippen molar-refractivity contribution in [2.75, 3.05) is 26.4 Å². The Kier molecular flexibility index (Phi) is 27.4. The standard InChI is InChI=1S/C30H60NO8P/c1-3-5-7-9-11-12-13-14-15-16-17-18-20-22-29(33)31-24-25-38-40(35,36)39-27-28(32)26-37-30(34)23-21-19-10-8-6-4-2/h28,32H,3-27H2,1-2H3,(H,31,33)(H,35,36). The van der Waals surface area contributed by atoms with E-state index in [0.717, 1.165) is 44.9 Å². The maximum absolute atomic E-state index is 11.9. The average molecular weight is 594 g/mol. The third-order valence-electron chi connectivity index (χ3n) is 6.79. The van der Waals surface area contributed by atoms with Gasteiger partial charge in [0, 0.05) is 19.4 Å². The summed E-state index contributed by atoms with van der Waals surface area (Å²) in [5.41, 5.74) is 0. The Bertz CT molecular complexity index is 649. The van der Waals surface area contributed by atoms with Gasteiger partial charge < -0.3 is 20.1 Å². The highest BCUT2D eigenvalue weighted by molar-refractivity contribution is 7.47. The normalized spacial score (nSPS) is 13.6. The molecule has 0 heterocycles. The molecule has 0 radical (unpaired) electrons. The summed E-state index contributed by atoms with van der Waals surface area (Å²) in [7, 11) is -4.39. The van der Waals surface area contributed by atoms with E-state index in [1.165, 1.54) is 77.0 Å². The molecule has 0 aromatic heterocycles. The fourth-order valence-electron chi connectivity index (χ4n) is 4.32. The molecular formula is C30H60NO8P. The minimum Gasteiger partial charge on any atom is -0.463 e. The van der Waals surface area contributed by atoms with Crippen molar-refractivity contribution in [1.82, 2.24) is 5.32 Å². The van der Waals surface area contributed by atoms with E-state index >= 15 is 0 Å². The van der Waals surface area contributed by atoms with Gasteiger partial charge in [0.2, 0.25) is 5.91 Å². The number of hydrogen-bond acceptors (Lipinski definition) is 7. The van der Waals surface area contributed by atoms with E-state index in [2.05, 4.69) is 19.2 Å². The fourth-order valence-corrected chi connectivity index (χ4v) is 5.08. The smallest absolute Gasteiger partial charge is 0.463 e. The zero-order valence-electron chi connectivity index (χ0n) is 25.5. The molecule has 40 heavy (non-hydrogen) atoms. The number of esters is 1. The first-order valence-corrected chi connectivity index (χ1v) is 17.5. The SMILES string of the molecule is CCCCCCCCCCCCCCCC(=O)NCCOP(=O)(O)OCC(O)COC(=O)CCCCCCCC. The maximum Gasteiger partial charge on any atom is 0.472 e. The van der Waals surface area contributed by atoms with Gasteiger partial charge in [0.05, 0.1) is 13.2 Å². The molecule has 0 saturated heterocycles. The Morgan fingerprint density at radius 3 is 1.62 bits per heavy atom. The highest BCUT2D eigenvalue weighted by Gasteiger charge is 2.23. The van der Waals surface area contributed by atoms with Gasteiger partial charge in [-0.05, 0) is 12.8 Å². The molecule has 0 aliphatic heterocycles. The molecule has 1 amide bonds. The van der Waals surface area contributed by atoms with Crippen LogP contribution in [0.4, 0.5) is 0 Å². The summed E-state index contributed by atoms with van der Waals surface area (Å²) in [5.74, 6) is -0.522. The molecule has 0 aromatic rings. The number of carbonyl (C=O) groups is 2. The summed E-state index contributed by atoms with van der Waals surface area (Å²) in [5, 5.41) is 12.5. The molecule has 10 heteroatoms. The van der Waals surface area contributed by atoms with Crippen molar-refractivity contribution in [2.24, 2.45) is 0 Å². The summed E-state index contributed by atoms with van der Waals surface area (Å²) >= 11 is 0. The Hall–Kier alpha value is -0.990. The fraction of sp³-hybridized carbons (Fsp3) is 0.933. The van der Waals surface area contributed by atoms with Crippen molar-refractivity contribution in [3.63, 3.8) is 0 Å². The largest absolute Gasteiger partial charge is 0.472 e. The molecule has 0 saturated carbocycles. The lowest BCUT2D eigenvalue weighted by Crippen LogP contribution is -2.27. The van der Waals surface area contributed by atoms with Crippen LogP contribution in [0.15, 0.2) is 0 Å². The monoisotopic (exact) mass is 593 g/mol. The second kappa shape index (κ2) is 28.1. The molecule has 0 bridgehead atoms. The zero-order chi connectivity index (χ0) is 29.7. The molecule has 3 N–H and O–H groups in total. The highest BCUT2D eigenvalue weighted by atomic mass is 31.2. The van der Waals surface area contributed by atoms with E-state index in [1.54, 1.807) is 0 Å². The minimum atomic E-state index is -4.39. The lowest BCUT2D eigenvalue weighted by atomic mass is 10.0. The van der Waals surface area contributed by atoms with Crippen LogP contribution in [0.25, 0.3) is 0 Å². The van der Waals surface area contributed by atoms with E-state index in [1.807, 2.05) is 0 Å². The van der Waals surface area contributed by atoms with Crippen molar-refractivity contribution in [1.29, 1.82) is 0 Å². The molecule has 238 valence electrons. The molecule has 2 atom stereocenters. The van der Waals surface area contributed by atoms with E-state index in [0.29, 0.717) is 6.42 Å². The van der Waals surface area contributed by atoms with Crippen LogP contribution in [0.2, 0.25) is 0 Å². The number of aliphatic hydroxyl groups is 1. The van der Waals surface area contributed by atoms with Gasteiger partial charge in [0.15, 0.2) is 0 Å². The van der Waals surface area contributed by atoms with Gasteiger partial charge in [-0.15, -0.1) is 0 Å². The molecule has 0 spiro atoms. The predicted octanol–water partition coefficient (Wildman–Crippen LogP) is 7.37. The van der Waals surface area contributed by atoms with Crippen molar-refractivity contribution in [3.8, 4) is 0 Å². The quantitative estimate of drug-likeness (QED) is 0.0447. The molecule has 0 fully saturated rings. The first-order chi connectivity index (χ1) is 19.3. The average Bonchev–Trinajstić information content (AvgIpc) is 2.93. The van der Waals surface area contributed by atoms with Crippen LogP contribution in [0.3, 0.4) is 0 Å². The lowest BCUT2D eigenvalue weighted by molar-refractivity contribution is -0.147. The Balaban J connectivity index is 3.62. The minimum absolute atomic E-state index is 0.0871. The number of nitrogens with one attached hydrogen (secondary N) is 1. The first-order valence-electron chi connectivity index (χ1n) is 16.0. The van der Waals surface area contributed by atoms with Crippen LogP contribution in [0.1, 0.15) is 149 Å². The Morgan fingerprint density at radius 1 is 0.675 bits per heavy atom. The van der Waals surface area contributed by atoms with Gasteiger partial charge >= 0.3 is 13.8 Å². The van der Waals surface area contributed by atoms with Gasteiger partial charge in [-0.3, -0.25) is 18.6 Å². The number of unbranched alkanes of at least 4 members (excludes halogenated alkanes) is 17. The van der Waals surface area contributed by atoms with Gasteiger partial charge in [-0.2, -0.15) is 0 Å². The first kappa shape index (κ1) is 39.0. The number of phosphoric acid groups is 1. The topological polar surface area (TPSA) is 131 Å². The molecule has 9 nitrogen and oxygen atoms in total. The number of phosphoric ester groups is 1. The van der Waals surface area contributed by atoms with Crippen LogP contribution in [0.5, 0.6) is 0 Å². The number of carbonyl (C=O) groups excluding carboxylic acids is 2. The number of amides is 1. The van der Waals surface area contributed by atoms with Gasteiger partial charge in [0.1, 0.15) is 12.7 Å². The van der Waals surface area contributed by atoms with Crippen LogP contribution in [0, 0.1) is 0 Å². The number of aliphatic hydroxyl groups excluding tert-OH is 1. The van der Waals surface area contributed by atoms with Crippen LogP contribution in [-0.2, 0) is 27.9 Å². The second-order valence-electron chi connectivity index (χ2n) is 10.8. The van der Waals surface area contributed by atoms with Crippen molar-refractivity contribution in [2.45, 2.75) is 155 Å². The van der Waals surface area contributed by atoms with Gasteiger partial charge in [-0.1, -0.05) is 123 Å².